The van der Waals surface area contributed by atoms with Gasteiger partial charge in [-0.15, -0.1) is 0 Å². The largest absolute Gasteiger partial charge is 0.463 e. The van der Waals surface area contributed by atoms with Gasteiger partial charge in [-0.2, -0.15) is 0 Å². The van der Waals surface area contributed by atoms with Crippen molar-refractivity contribution in [3.8, 4) is 0 Å². The number of benzene rings is 2. The highest BCUT2D eigenvalue weighted by molar-refractivity contribution is 7.07. The molecule has 30 heavy (non-hydrogen) atoms. The average Bonchev–Trinajstić information content (AvgIpc) is 3.02. The molecule has 0 aliphatic carbocycles. The lowest BCUT2D eigenvalue weighted by atomic mass is 9.96. The van der Waals surface area contributed by atoms with Crippen molar-refractivity contribution in [3.63, 3.8) is 0 Å². The lowest BCUT2D eigenvalue weighted by Crippen LogP contribution is -2.39. The van der Waals surface area contributed by atoms with Gasteiger partial charge < -0.3 is 4.74 Å². The molecule has 0 saturated carbocycles. The maximum Gasteiger partial charge on any atom is 0.338 e. The second-order valence-electron chi connectivity index (χ2n) is 6.77. The smallest absolute Gasteiger partial charge is 0.338 e. The zero-order valence-electron chi connectivity index (χ0n) is 16.5. The molecule has 0 N–H and O–H groups in total. The van der Waals surface area contributed by atoms with Crippen LogP contribution in [-0.4, -0.2) is 17.1 Å². The highest BCUT2D eigenvalue weighted by Crippen LogP contribution is 2.30. The molecule has 1 aliphatic rings. The molecular weight excluding hydrogens is 420 g/mol. The summed E-state index contributed by atoms with van der Waals surface area (Å²) in [4.78, 5) is 31.3. The second kappa shape index (κ2) is 8.42. The predicted molar refractivity (Wildman–Crippen MR) is 118 cm³/mol. The van der Waals surface area contributed by atoms with Crippen LogP contribution in [0.5, 0.6) is 0 Å². The van der Waals surface area contributed by atoms with Gasteiger partial charge in [0.2, 0.25) is 0 Å². The Bertz CT molecular complexity index is 1320. The van der Waals surface area contributed by atoms with Crippen LogP contribution in [0.2, 0.25) is 5.02 Å². The fraction of sp³-hybridized carbons (Fsp3) is 0.174. The van der Waals surface area contributed by atoms with E-state index in [4.69, 9.17) is 16.3 Å². The number of hydrogen-bond donors (Lipinski definition) is 0. The van der Waals surface area contributed by atoms with Crippen LogP contribution in [0.15, 0.2) is 75.7 Å². The SMILES string of the molecule is CCOC(=O)C1=C(C)N=c2s/c(=C/c3cccc(Cl)c3)c(=O)n2[C@@H]1c1ccccc1. The molecule has 1 atom stereocenters. The molecule has 2 heterocycles. The van der Waals surface area contributed by atoms with Crippen LogP contribution >= 0.6 is 22.9 Å². The molecule has 3 aromatic rings. The highest BCUT2D eigenvalue weighted by Gasteiger charge is 2.33. The molecule has 0 amide bonds. The average molecular weight is 439 g/mol. The van der Waals surface area contributed by atoms with Crippen LogP contribution in [0.3, 0.4) is 0 Å². The summed E-state index contributed by atoms with van der Waals surface area (Å²) in [5.74, 6) is -0.461. The lowest BCUT2D eigenvalue weighted by Gasteiger charge is -2.24. The van der Waals surface area contributed by atoms with Crippen molar-refractivity contribution in [2.24, 2.45) is 4.99 Å². The first kappa shape index (κ1) is 20.3. The first-order valence-electron chi connectivity index (χ1n) is 9.49. The lowest BCUT2D eigenvalue weighted by molar-refractivity contribution is -0.139. The number of aromatic nitrogens is 1. The van der Waals surface area contributed by atoms with E-state index in [2.05, 4.69) is 4.99 Å². The van der Waals surface area contributed by atoms with E-state index in [0.717, 1.165) is 11.1 Å². The van der Waals surface area contributed by atoms with Crippen molar-refractivity contribution in [3.05, 3.63) is 102 Å². The van der Waals surface area contributed by atoms with Crippen molar-refractivity contribution in [2.45, 2.75) is 19.9 Å². The summed E-state index contributed by atoms with van der Waals surface area (Å²) in [6.07, 6.45) is 1.79. The van der Waals surface area contributed by atoms with Crippen LogP contribution in [0.1, 0.15) is 31.0 Å². The number of rotatable bonds is 4. The molecule has 152 valence electrons. The molecular formula is C23H19ClN2O3S. The summed E-state index contributed by atoms with van der Waals surface area (Å²) in [6.45, 7) is 3.78. The quantitative estimate of drug-likeness (QED) is 0.586. The predicted octanol–water partition coefficient (Wildman–Crippen LogP) is 3.45. The molecule has 4 rings (SSSR count). The molecule has 5 nitrogen and oxygen atoms in total. The fourth-order valence-electron chi connectivity index (χ4n) is 3.49. The van der Waals surface area contributed by atoms with E-state index in [9.17, 15) is 9.59 Å². The number of nitrogens with zero attached hydrogens (tertiary/aromatic N) is 2. The van der Waals surface area contributed by atoms with E-state index in [1.54, 1.807) is 36.6 Å². The Morgan fingerprint density at radius 3 is 2.70 bits per heavy atom. The van der Waals surface area contributed by atoms with Gasteiger partial charge >= 0.3 is 5.97 Å². The molecule has 0 bridgehead atoms. The molecule has 7 heteroatoms. The van der Waals surface area contributed by atoms with Gasteiger partial charge in [0.25, 0.3) is 5.56 Å². The molecule has 0 saturated heterocycles. The van der Waals surface area contributed by atoms with E-state index < -0.39 is 12.0 Å². The van der Waals surface area contributed by atoms with Gasteiger partial charge in [-0.25, -0.2) is 9.79 Å². The summed E-state index contributed by atoms with van der Waals surface area (Å²) in [6, 6.07) is 16.2. The van der Waals surface area contributed by atoms with Gasteiger partial charge in [0.05, 0.1) is 28.5 Å². The Balaban J connectivity index is 1.96. The topological polar surface area (TPSA) is 60.7 Å². The molecule has 0 fully saturated rings. The Kier molecular flexibility index (Phi) is 5.70. The maximum atomic E-state index is 13.4. The Hall–Kier alpha value is -2.96. The third-order valence-electron chi connectivity index (χ3n) is 4.78. The number of ether oxygens (including phenoxy) is 1. The number of thiazole rings is 1. The number of hydrogen-bond acceptors (Lipinski definition) is 5. The third-order valence-corrected chi connectivity index (χ3v) is 6.00. The second-order valence-corrected chi connectivity index (χ2v) is 8.21. The Labute approximate surface area is 182 Å². The van der Waals surface area contributed by atoms with Gasteiger partial charge in [-0.1, -0.05) is 65.4 Å². The van der Waals surface area contributed by atoms with Crippen LogP contribution in [0.25, 0.3) is 6.08 Å². The Morgan fingerprint density at radius 1 is 1.23 bits per heavy atom. The number of fused-ring (bicyclic) bond motifs is 1. The van der Waals surface area contributed by atoms with E-state index in [1.165, 1.54) is 11.3 Å². The minimum atomic E-state index is -0.594. The van der Waals surface area contributed by atoms with E-state index >= 15 is 0 Å². The van der Waals surface area contributed by atoms with Crippen LogP contribution < -0.4 is 14.9 Å². The Morgan fingerprint density at radius 2 is 2.00 bits per heavy atom. The van der Waals surface area contributed by atoms with Crippen molar-refractivity contribution < 1.29 is 9.53 Å². The number of carbonyl (C=O) groups is 1. The summed E-state index contributed by atoms with van der Waals surface area (Å²) >= 11 is 7.37. The zero-order chi connectivity index (χ0) is 21.3. The van der Waals surface area contributed by atoms with Crippen molar-refractivity contribution in [1.82, 2.24) is 4.57 Å². The van der Waals surface area contributed by atoms with Crippen LogP contribution in [0.4, 0.5) is 0 Å². The molecule has 0 spiro atoms. The summed E-state index contributed by atoms with van der Waals surface area (Å²) in [5.41, 5.74) is 2.38. The number of esters is 1. The molecule has 1 aromatic heterocycles. The van der Waals surface area contributed by atoms with Gasteiger partial charge in [-0.3, -0.25) is 9.36 Å². The standard InChI is InChI=1S/C23H19ClN2O3S/c1-3-29-22(28)19-14(2)25-23-26(20(19)16-9-5-4-6-10-16)21(27)18(30-23)13-15-8-7-11-17(24)12-15/h4-13,20H,3H2,1-2H3/b18-13+/t20-/m1/s1. The molecule has 0 unspecified atom stereocenters. The molecule has 2 aromatic carbocycles. The highest BCUT2D eigenvalue weighted by atomic mass is 35.5. The normalized spacial score (nSPS) is 16.2. The molecule has 0 radical (unpaired) electrons. The van der Waals surface area contributed by atoms with Crippen molar-refractivity contribution in [2.75, 3.05) is 6.61 Å². The summed E-state index contributed by atoms with van der Waals surface area (Å²) in [7, 11) is 0. The van der Waals surface area contributed by atoms with Crippen LogP contribution in [-0.2, 0) is 9.53 Å². The van der Waals surface area contributed by atoms with Crippen molar-refractivity contribution >= 4 is 35.0 Å². The number of halogens is 1. The van der Waals surface area contributed by atoms with Gasteiger partial charge in [0, 0.05) is 5.02 Å². The zero-order valence-corrected chi connectivity index (χ0v) is 18.0. The monoisotopic (exact) mass is 438 g/mol. The summed E-state index contributed by atoms with van der Waals surface area (Å²) < 4.78 is 7.38. The third kappa shape index (κ3) is 3.76. The maximum absolute atomic E-state index is 13.4. The number of allylic oxidation sites excluding steroid dienone is 1. The molecule has 1 aliphatic heterocycles. The van der Waals surface area contributed by atoms with Gasteiger partial charge in [-0.05, 0) is 43.2 Å². The van der Waals surface area contributed by atoms with E-state index in [1.807, 2.05) is 42.5 Å². The van der Waals surface area contributed by atoms with Gasteiger partial charge in [0.1, 0.15) is 0 Å². The van der Waals surface area contributed by atoms with E-state index in [0.29, 0.717) is 25.6 Å². The first-order chi connectivity index (χ1) is 14.5. The number of carbonyl (C=O) groups excluding carboxylic acids is 1. The fourth-order valence-corrected chi connectivity index (χ4v) is 4.74. The minimum absolute atomic E-state index is 0.207. The van der Waals surface area contributed by atoms with Crippen molar-refractivity contribution in [1.29, 1.82) is 0 Å². The minimum Gasteiger partial charge on any atom is -0.463 e. The summed E-state index contributed by atoms with van der Waals surface area (Å²) in [5, 5.41) is 0.596. The van der Waals surface area contributed by atoms with Gasteiger partial charge in [0.15, 0.2) is 4.80 Å². The first-order valence-corrected chi connectivity index (χ1v) is 10.7. The van der Waals surface area contributed by atoms with Crippen LogP contribution in [0, 0.1) is 0 Å². The van der Waals surface area contributed by atoms with E-state index in [-0.39, 0.29) is 12.2 Å².